The Morgan fingerprint density at radius 2 is 1.81 bits per heavy atom. The van der Waals surface area contributed by atoms with Crippen LogP contribution in [0.3, 0.4) is 0 Å². The molecule has 3 rings (SSSR count). The molecule has 5 atom stereocenters. The number of carbonyl (C=O) groups is 2. The number of phenols is 1. The number of Topliss-reactive ketones (excluding diaryl/α,β-unsaturated/α-hetero) is 1. The number of ketones is 1. The van der Waals surface area contributed by atoms with E-state index in [2.05, 4.69) is 5.32 Å². The van der Waals surface area contributed by atoms with Gasteiger partial charge in [-0.25, -0.2) is 0 Å². The second kappa shape index (κ2) is 9.78. The van der Waals surface area contributed by atoms with Crippen molar-refractivity contribution >= 4 is 17.8 Å². The number of ether oxygens (including phenoxy) is 2. The topological polar surface area (TPSA) is 146 Å². The SMILES string of the molecule is CC(=O)C1CC(O)C(Oc2ccc(/C=C(\C)C(=O)NC3C(O)CCCC3O)cc2O)O1. The second-order valence-corrected chi connectivity index (χ2v) is 8.14. The summed E-state index contributed by atoms with van der Waals surface area (Å²) in [7, 11) is 0. The summed E-state index contributed by atoms with van der Waals surface area (Å²) >= 11 is 0. The number of aliphatic hydroxyl groups excluding tert-OH is 3. The highest BCUT2D eigenvalue weighted by molar-refractivity contribution is 5.97. The molecule has 170 valence electrons. The van der Waals surface area contributed by atoms with Crippen LogP contribution in [0.25, 0.3) is 6.08 Å². The summed E-state index contributed by atoms with van der Waals surface area (Å²) in [6.45, 7) is 2.95. The van der Waals surface area contributed by atoms with E-state index in [-0.39, 0.29) is 23.7 Å². The van der Waals surface area contributed by atoms with Crippen LogP contribution in [-0.4, -0.2) is 68.9 Å². The number of phenolic OH excluding ortho intramolecular Hbond substituents is 1. The molecule has 9 nitrogen and oxygen atoms in total. The maximum Gasteiger partial charge on any atom is 0.247 e. The van der Waals surface area contributed by atoms with Gasteiger partial charge in [-0.2, -0.15) is 0 Å². The highest BCUT2D eigenvalue weighted by Crippen LogP contribution is 2.32. The molecule has 5 N–H and O–H groups in total. The molecule has 1 heterocycles. The van der Waals surface area contributed by atoms with E-state index < -0.39 is 42.7 Å². The van der Waals surface area contributed by atoms with Crippen molar-refractivity contribution in [3.8, 4) is 11.5 Å². The molecule has 1 aliphatic carbocycles. The zero-order valence-electron chi connectivity index (χ0n) is 17.5. The first-order valence-corrected chi connectivity index (χ1v) is 10.3. The number of carbonyl (C=O) groups excluding carboxylic acids is 2. The molecule has 1 aromatic carbocycles. The summed E-state index contributed by atoms with van der Waals surface area (Å²) in [4.78, 5) is 23.9. The van der Waals surface area contributed by atoms with Crippen molar-refractivity contribution in [3.63, 3.8) is 0 Å². The number of nitrogens with one attached hydrogen (secondary N) is 1. The molecule has 0 aromatic heterocycles. The zero-order valence-corrected chi connectivity index (χ0v) is 17.5. The summed E-state index contributed by atoms with van der Waals surface area (Å²) in [6, 6.07) is 3.75. The molecule has 5 unspecified atom stereocenters. The number of aliphatic hydroxyl groups is 3. The first-order valence-electron chi connectivity index (χ1n) is 10.3. The Morgan fingerprint density at radius 1 is 1.13 bits per heavy atom. The van der Waals surface area contributed by atoms with Crippen LogP contribution in [0.1, 0.15) is 45.1 Å². The molecule has 1 saturated carbocycles. The van der Waals surface area contributed by atoms with Crippen LogP contribution in [0.4, 0.5) is 0 Å². The first kappa shape index (κ1) is 23.2. The molecule has 1 saturated heterocycles. The molecule has 0 radical (unpaired) electrons. The van der Waals surface area contributed by atoms with E-state index in [0.717, 1.165) is 0 Å². The normalized spacial score (nSPS) is 31.3. The van der Waals surface area contributed by atoms with Gasteiger partial charge in [-0.3, -0.25) is 9.59 Å². The van der Waals surface area contributed by atoms with Gasteiger partial charge in [-0.1, -0.05) is 6.07 Å². The fraction of sp³-hybridized carbons (Fsp3) is 0.545. The minimum Gasteiger partial charge on any atom is -0.504 e. The number of amides is 1. The lowest BCUT2D eigenvalue weighted by atomic mass is 9.89. The van der Waals surface area contributed by atoms with Gasteiger partial charge in [0.15, 0.2) is 17.3 Å². The van der Waals surface area contributed by atoms with Crippen LogP contribution < -0.4 is 10.1 Å². The molecule has 1 aliphatic heterocycles. The molecule has 2 fully saturated rings. The standard InChI is InChI=1S/C22H29NO8/c1-11(21(29)23-20-14(25)4-3-5-15(20)26)8-13-6-7-18(16(27)9-13)30-22-17(28)10-19(31-22)12(2)24/h6-9,14-15,17,19-20,22,25-28H,3-5,10H2,1-2H3,(H,23,29)/b11-8+. The van der Waals surface area contributed by atoms with Gasteiger partial charge in [-0.05, 0) is 56.9 Å². The van der Waals surface area contributed by atoms with Gasteiger partial charge in [0.05, 0.1) is 18.2 Å². The summed E-state index contributed by atoms with van der Waals surface area (Å²) in [5.41, 5.74) is 0.855. The van der Waals surface area contributed by atoms with Gasteiger partial charge in [0.25, 0.3) is 0 Å². The van der Waals surface area contributed by atoms with Crippen LogP contribution >= 0.6 is 0 Å². The average molecular weight is 435 g/mol. The maximum atomic E-state index is 12.4. The summed E-state index contributed by atoms with van der Waals surface area (Å²) in [6.07, 6.45) is -0.978. The fourth-order valence-corrected chi connectivity index (χ4v) is 3.78. The van der Waals surface area contributed by atoms with E-state index in [0.29, 0.717) is 30.4 Å². The molecular weight excluding hydrogens is 406 g/mol. The molecule has 1 amide bonds. The molecule has 0 bridgehead atoms. The Morgan fingerprint density at radius 3 is 2.39 bits per heavy atom. The monoisotopic (exact) mass is 435 g/mol. The zero-order chi connectivity index (χ0) is 22.7. The predicted molar refractivity (Wildman–Crippen MR) is 110 cm³/mol. The third-order valence-electron chi connectivity index (χ3n) is 5.62. The summed E-state index contributed by atoms with van der Waals surface area (Å²) in [5.74, 6) is -0.789. The van der Waals surface area contributed by atoms with Crippen molar-refractivity contribution in [2.75, 3.05) is 0 Å². The van der Waals surface area contributed by atoms with Gasteiger partial charge in [0.2, 0.25) is 12.2 Å². The predicted octanol–water partition coefficient (Wildman–Crippen LogP) is 0.630. The van der Waals surface area contributed by atoms with Crippen molar-refractivity contribution in [2.45, 2.75) is 76.3 Å². The molecule has 1 aromatic rings. The van der Waals surface area contributed by atoms with Crippen molar-refractivity contribution < 1.29 is 39.5 Å². The van der Waals surface area contributed by atoms with Gasteiger partial charge in [-0.15, -0.1) is 0 Å². The van der Waals surface area contributed by atoms with Crippen LogP contribution in [0.5, 0.6) is 11.5 Å². The van der Waals surface area contributed by atoms with Gasteiger partial charge in [0.1, 0.15) is 12.2 Å². The Bertz CT molecular complexity index is 844. The lowest BCUT2D eigenvalue weighted by Crippen LogP contribution is -2.53. The Balaban J connectivity index is 1.64. The number of benzene rings is 1. The van der Waals surface area contributed by atoms with Crippen molar-refractivity contribution in [2.24, 2.45) is 0 Å². The first-order chi connectivity index (χ1) is 14.7. The quantitative estimate of drug-likeness (QED) is 0.409. The highest BCUT2D eigenvalue weighted by atomic mass is 16.7. The molecule has 9 heteroatoms. The lowest BCUT2D eigenvalue weighted by molar-refractivity contribution is -0.140. The number of rotatable bonds is 6. The molecule has 2 aliphatic rings. The van der Waals surface area contributed by atoms with Crippen molar-refractivity contribution in [3.05, 3.63) is 29.3 Å². The van der Waals surface area contributed by atoms with Gasteiger partial charge in [0, 0.05) is 12.0 Å². The van der Waals surface area contributed by atoms with E-state index in [9.17, 15) is 30.0 Å². The van der Waals surface area contributed by atoms with Crippen LogP contribution in [0.2, 0.25) is 0 Å². The maximum absolute atomic E-state index is 12.4. The smallest absolute Gasteiger partial charge is 0.247 e. The molecular formula is C22H29NO8. The van der Waals surface area contributed by atoms with Crippen molar-refractivity contribution in [1.29, 1.82) is 0 Å². The summed E-state index contributed by atoms with van der Waals surface area (Å²) in [5, 5.41) is 43.0. The van der Waals surface area contributed by atoms with E-state index >= 15 is 0 Å². The third kappa shape index (κ3) is 5.62. The van der Waals surface area contributed by atoms with Crippen LogP contribution in [0.15, 0.2) is 23.8 Å². The van der Waals surface area contributed by atoms with Crippen LogP contribution in [-0.2, 0) is 14.3 Å². The summed E-state index contributed by atoms with van der Waals surface area (Å²) < 4.78 is 10.9. The molecule has 31 heavy (non-hydrogen) atoms. The van der Waals surface area contributed by atoms with Crippen LogP contribution in [0, 0.1) is 0 Å². The number of hydrogen-bond acceptors (Lipinski definition) is 8. The number of aromatic hydroxyl groups is 1. The Kier molecular flexibility index (Phi) is 7.32. The Labute approximate surface area is 180 Å². The minimum atomic E-state index is -1.07. The number of hydrogen-bond donors (Lipinski definition) is 5. The largest absolute Gasteiger partial charge is 0.504 e. The minimum absolute atomic E-state index is 0.0703. The second-order valence-electron chi connectivity index (χ2n) is 8.14. The lowest BCUT2D eigenvalue weighted by Gasteiger charge is -2.32. The van der Waals surface area contributed by atoms with E-state index in [4.69, 9.17) is 9.47 Å². The van der Waals surface area contributed by atoms with Crippen molar-refractivity contribution in [1.82, 2.24) is 5.32 Å². The third-order valence-corrected chi connectivity index (χ3v) is 5.62. The van der Waals surface area contributed by atoms with E-state index in [1.807, 2.05) is 0 Å². The van der Waals surface area contributed by atoms with Gasteiger partial charge >= 0.3 is 0 Å². The van der Waals surface area contributed by atoms with E-state index in [1.165, 1.54) is 19.1 Å². The Hall–Kier alpha value is -2.46. The van der Waals surface area contributed by atoms with E-state index in [1.54, 1.807) is 19.1 Å². The molecule has 0 spiro atoms. The highest BCUT2D eigenvalue weighted by Gasteiger charge is 2.38. The van der Waals surface area contributed by atoms with Gasteiger partial charge < -0.3 is 35.2 Å². The average Bonchev–Trinajstić information content (AvgIpc) is 3.07. The fourth-order valence-electron chi connectivity index (χ4n) is 3.78.